The average molecular weight is 385 g/mol. The van der Waals surface area contributed by atoms with Crippen molar-refractivity contribution in [3.05, 3.63) is 68.4 Å². The quantitative estimate of drug-likeness (QED) is 0.646. The van der Waals surface area contributed by atoms with Crippen molar-refractivity contribution in [1.82, 2.24) is 0 Å². The van der Waals surface area contributed by atoms with Gasteiger partial charge in [-0.25, -0.2) is 0 Å². The van der Waals surface area contributed by atoms with Crippen LogP contribution < -0.4 is 0 Å². The average Bonchev–Trinajstić information content (AvgIpc) is 2.81. The number of hydrogen-bond donors (Lipinski definition) is 1. The molecule has 2 nitrogen and oxygen atoms in total. The fraction of sp³-hybridized carbons (Fsp3) is 0.0667. The standard InChI is InChI=1S/C15H10ClIO2/c16-11-3-6-13-10(7-11)8-14(19-13)15(18)9-1-4-12(17)5-2-9/h1-8,15,18H. The van der Waals surface area contributed by atoms with Crippen molar-refractivity contribution >= 4 is 45.2 Å². The maximum absolute atomic E-state index is 10.3. The van der Waals surface area contributed by atoms with Crippen LogP contribution in [0.3, 0.4) is 0 Å². The van der Waals surface area contributed by atoms with E-state index in [2.05, 4.69) is 22.6 Å². The molecule has 3 aromatic rings. The van der Waals surface area contributed by atoms with Crippen LogP contribution in [0.25, 0.3) is 11.0 Å². The summed E-state index contributed by atoms with van der Waals surface area (Å²) in [6, 6.07) is 14.9. The molecule has 1 N–H and O–H groups in total. The van der Waals surface area contributed by atoms with Gasteiger partial charge in [-0.1, -0.05) is 23.7 Å². The third-order valence-corrected chi connectivity index (χ3v) is 3.91. The van der Waals surface area contributed by atoms with Crippen LogP contribution in [0.1, 0.15) is 17.4 Å². The summed E-state index contributed by atoms with van der Waals surface area (Å²) < 4.78 is 6.79. The highest BCUT2D eigenvalue weighted by Gasteiger charge is 2.15. The first-order chi connectivity index (χ1) is 9.13. The van der Waals surface area contributed by atoms with E-state index < -0.39 is 6.10 Å². The molecule has 0 radical (unpaired) electrons. The van der Waals surface area contributed by atoms with E-state index in [0.717, 1.165) is 20.1 Å². The highest BCUT2D eigenvalue weighted by atomic mass is 127. The monoisotopic (exact) mass is 384 g/mol. The van der Waals surface area contributed by atoms with Gasteiger partial charge in [0.05, 0.1) is 0 Å². The molecule has 1 unspecified atom stereocenters. The van der Waals surface area contributed by atoms with Crippen molar-refractivity contribution in [3.63, 3.8) is 0 Å². The normalized spacial score (nSPS) is 12.8. The van der Waals surface area contributed by atoms with Gasteiger partial charge in [-0.15, -0.1) is 0 Å². The molecule has 96 valence electrons. The summed E-state index contributed by atoms with van der Waals surface area (Å²) in [7, 11) is 0. The van der Waals surface area contributed by atoms with Crippen molar-refractivity contribution in [2.24, 2.45) is 0 Å². The van der Waals surface area contributed by atoms with Crippen LogP contribution in [0.15, 0.2) is 52.9 Å². The number of aliphatic hydroxyl groups excluding tert-OH is 1. The molecule has 1 atom stereocenters. The van der Waals surface area contributed by atoms with Gasteiger partial charge in [0, 0.05) is 14.0 Å². The fourth-order valence-electron chi connectivity index (χ4n) is 1.98. The molecule has 0 aliphatic heterocycles. The van der Waals surface area contributed by atoms with Crippen LogP contribution in [0, 0.1) is 3.57 Å². The Morgan fingerprint density at radius 1 is 1.05 bits per heavy atom. The Morgan fingerprint density at radius 3 is 2.53 bits per heavy atom. The molecule has 4 heteroatoms. The Kier molecular flexibility index (Phi) is 3.52. The topological polar surface area (TPSA) is 33.4 Å². The lowest BCUT2D eigenvalue weighted by Crippen LogP contribution is -1.97. The molecule has 0 aliphatic carbocycles. The molecule has 2 aromatic carbocycles. The van der Waals surface area contributed by atoms with E-state index in [9.17, 15) is 5.11 Å². The molecule has 1 aromatic heterocycles. The predicted octanol–water partition coefficient (Wildman–Crippen LogP) is 4.77. The lowest BCUT2D eigenvalue weighted by atomic mass is 10.1. The number of benzene rings is 2. The first-order valence-corrected chi connectivity index (χ1v) is 7.22. The lowest BCUT2D eigenvalue weighted by Gasteiger charge is -2.07. The van der Waals surface area contributed by atoms with Gasteiger partial charge in [-0.05, 0) is 64.6 Å². The van der Waals surface area contributed by atoms with Crippen molar-refractivity contribution in [1.29, 1.82) is 0 Å². The van der Waals surface area contributed by atoms with Gasteiger partial charge in [-0.2, -0.15) is 0 Å². The number of furan rings is 1. The first-order valence-electron chi connectivity index (χ1n) is 5.76. The van der Waals surface area contributed by atoms with E-state index in [1.54, 1.807) is 6.07 Å². The molecule has 0 aliphatic rings. The Balaban J connectivity index is 2.01. The molecule has 0 amide bonds. The van der Waals surface area contributed by atoms with Crippen LogP contribution in [-0.4, -0.2) is 5.11 Å². The minimum Gasteiger partial charge on any atom is -0.458 e. The third kappa shape index (κ3) is 2.63. The number of rotatable bonds is 2. The number of fused-ring (bicyclic) bond motifs is 1. The molecule has 0 fully saturated rings. The molecular weight excluding hydrogens is 375 g/mol. The van der Waals surface area contributed by atoms with Crippen molar-refractivity contribution in [2.45, 2.75) is 6.10 Å². The Labute approximate surface area is 129 Å². The Hall–Kier alpha value is -1.04. The van der Waals surface area contributed by atoms with E-state index in [-0.39, 0.29) is 0 Å². The summed E-state index contributed by atoms with van der Waals surface area (Å²) in [5, 5.41) is 11.9. The summed E-state index contributed by atoms with van der Waals surface area (Å²) in [4.78, 5) is 0. The predicted molar refractivity (Wildman–Crippen MR) is 84.4 cm³/mol. The number of halogens is 2. The SMILES string of the molecule is OC(c1ccc(I)cc1)c1cc2cc(Cl)ccc2o1. The van der Waals surface area contributed by atoms with Gasteiger partial charge < -0.3 is 9.52 Å². The molecule has 3 rings (SSSR count). The Bertz CT molecular complexity index is 719. The maximum Gasteiger partial charge on any atom is 0.138 e. The third-order valence-electron chi connectivity index (χ3n) is 2.95. The van der Waals surface area contributed by atoms with Crippen LogP contribution >= 0.6 is 34.2 Å². The summed E-state index contributed by atoms with van der Waals surface area (Å²) in [5.41, 5.74) is 1.54. The molecule has 19 heavy (non-hydrogen) atoms. The van der Waals surface area contributed by atoms with Gasteiger partial charge in [0.25, 0.3) is 0 Å². The van der Waals surface area contributed by atoms with Crippen molar-refractivity contribution in [2.75, 3.05) is 0 Å². The van der Waals surface area contributed by atoms with Crippen LogP contribution in [0.5, 0.6) is 0 Å². The maximum atomic E-state index is 10.3. The number of hydrogen-bond acceptors (Lipinski definition) is 2. The van der Waals surface area contributed by atoms with Crippen molar-refractivity contribution in [3.8, 4) is 0 Å². The highest BCUT2D eigenvalue weighted by Crippen LogP contribution is 2.29. The van der Waals surface area contributed by atoms with E-state index in [4.69, 9.17) is 16.0 Å². The van der Waals surface area contributed by atoms with Gasteiger partial charge in [0.15, 0.2) is 0 Å². The smallest absolute Gasteiger partial charge is 0.138 e. The zero-order valence-electron chi connectivity index (χ0n) is 9.81. The van der Waals surface area contributed by atoms with Crippen LogP contribution in [0.2, 0.25) is 5.02 Å². The second kappa shape index (κ2) is 5.15. The molecule has 1 heterocycles. The molecule has 0 spiro atoms. The zero-order chi connectivity index (χ0) is 13.4. The van der Waals surface area contributed by atoms with E-state index in [0.29, 0.717) is 10.8 Å². The van der Waals surface area contributed by atoms with Gasteiger partial charge in [-0.3, -0.25) is 0 Å². The summed E-state index contributed by atoms with van der Waals surface area (Å²) in [6.45, 7) is 0. The van der Waals surface area contributed by atoms with E-state index in [1.165, 1.54) is 0 Å². The van der Waals surface area contributed by atoms with Crippen LogP contribution in [-0.2, 0) is 0 Å². The summed E-state index contributed by atoms with van der Waals surface area (Å²) in [5.74, 6) is 0.526. The minimum absolute atomic E-state index is 0.526. The fourth-order valence-corrected chi connectivity index (χ4v) is 2.52. The van der Waals surface area contributed by atoms with Gasteiger partial charge >= 0.3 is 0 Å². The second-order valence-electron chi connectivity index (χ2n) is 4.29. The summed E-state index contributed by atoms with van der Waals surface area (Å²) >= 11 is 8.17. The Morgan fingerprint density at radius 2 is 1.79 bits per heavy atom. The minimum atomic E-state index is -0.761. The van der Waals surface area contributed by atoms with Gasteiger partial charge in [0.2, 0.25) is 0 Å². The largest absolute Gasteiger partial charge is 0.458 e. The lowest BCUT2D eigenvalue weighted by molar-refractivity contribution is 0.192. The molecule has 0 saturated heterocycles. The molecule has 0 saturated carbocycles. The van der Waals surface area contributed by atoms with Gasteiger partial charge in [0.1, 0.15) is 17.4 Å². The second-order valence-corrected chi connectivity index (χ2v) is 5.97. The molecular formula is C15H10ClIO2. The summed E-state index contributed by atoms with van der Waals surface area (Å²) in [6.07, 6.45) is -0.761. The van der Waals surface area contributed by atoms with Crippen molar-refractivity contribution < 1.29 is 9.52 Å². The zero-order valence-corrected chi connectivity index (χ0v) is 12.7. The first kappa shape index (κ1) is 13.0. The van der Waals surface area contributed by atoms with E-state index >= 15 is 0 Å². The van der Waals surface area contributed by atoms with Crippen LogP contribution in [0.4, 0.5) is 0 Å². The number of aliphatic hydroxyl groups is 1. The van der Waals surface area contributed by atoms with E-state index in [1.807, 2.05) is 42.5 Å². The highest BCUT2D eigenvalue weighted by molar-refractivity contribution is 14.1. The molecule has 0 bridgehead atoms.